The van der Waals surface area contributed by atoms with Crippen LogP contribution in [0.15, 0.2) is 6.07 Å². The van der Waals surface area contributed by atoms with Gasteiger partial charge in [0.2, 0.25) is 0 Å². The number of likely N-dealkylation sites (N-methyl/N-ethyl adjacent to an activating group) is 1. The summed E-state index contributed by atoms with van der Waals surface area (Å²) in [5, 5.41) is 2.93. The van der Waals surface area contributed by atoms with Crippen molar-refractivity contribution in [2.24, 2.45) is 0 Å². The fourth-order valence-corrected chi connectivity index (χ4v) is 2.47. The molecule has 1 unspecified atom stereocenters. The second kappa shape index (κ2) is 7.36. The maximum atomic E-state index is 12.8. The molecule has 1 atom stereocenters. The Labute approximate surface area is 126 Å². The Morgan fingerprint density at radius 1 is 1.14 bits per heavy atom. The van der Waals surface area contributed by atoms with Gasteiger partial charge in [0.05, 0.1) is 19.1 Å². The van der Waals surface area contributed by atoms with Crippen molar-refractivity contribution in [3.8, 4) is 0 Å². The molecule has 4 heteroatoms. The summed E-state index contributed by atoms with van der Waals surface area (Å²) in [6.45, 7) is 9.98. The lowest BCUT2D eigenvalue weighted by Gasteiger charge is -2.19. The standard InChI is InChI=1S/C17H25NO3/c1-7-21-15(19)9-14(18-6)17(20)16-12(4)10(2)8-11(3)13(16)5/h8,14,18H,7,9H2,1-6H3. The second-order valence-electron chi connectivity index (χ2n) is 5.35. The zero-order valence-corrected chi connectivity index (χ0v) is 13.8. The van der Waals surface area contributed by atoms with E-state index in [2.05, 4.69) is 11.4 Å². The molecule has 1 N–H and O–H groups in total. The lowest BCUT2D eigenvalue weighted by Crippen LogP contribution is -2.37. The molecular weight excluding hydrogens is 266 g/mol. The van der Waals surface area contributed by atoms with Crippen LogP contribution in [0, 0.1) is 27.7 Å². The second-order valence-corrected chi connectivity index (χ2v) is 5.35. The van der Waals surface area contributed by atoms with Crippen LogP contribution < -0.4 is 5.32 Å². The number of Topliss-reactive ketones (excluding diaryl/α,β-unsaturated/α-hetero) is 1. The average Bonchev–Trinajstić information content (AvgIpc) is 2.43. The minimum atomic E-state index is -0.553. The molecular formula is C17H25NO3. The molecule has 21 heavy (non-hydrogen) atoms. The molecule has 1 rings (SSSR count). The highest BCUT2D eigenvalue weighted by Gasteiger charge is 2.25. The number of rotatable bonds is 6. The topological polar surface area (TPSA) is 55.4 Å². The molecule has 1 aromatic carbocycles. The van der Waals surface area contributed by atoms with E-state index in [1.54, 1.807) is 14.0 Å². The molecule has 4 nitrogen and oxygen atoms in total. The van der Waals surface area contributed by atoms with Crippen LogP contribution in [0.1, 0.15) is 46.0 Å². The maximum Gasteiger partial charge on any atom is 0.307 e. The summed E-state index contributed by atoms with van der Waals surface area (Å²) >= 11 is 0. The fourth-order valence-electron chi connectivity index (χ4n) is 2.47. The molecule has 0 spiro atoms. The largest absolute Gasteiger partial charge is 0.466 e. The molecule has 0 bridgehead atoms. The van der Waals surface area contributed by atoms with Gasteiger partial charge in [-0.2, -0.15) is 0 Å². The Morgan fingerprint density at radius 3 is 2.10 bits per heavy atom. The van der Waals surface area contributed by atoms with Crippen LogP contribution in [0.2, 0.25) is 0 Å². The minimum Gasteiger partial charge on any atom is -0.466 e. The molecule has 116 valence electrons. The van der Waals surface area contributed by atoms with Crippen LogP contribution in [0.25, 0.3) is 0 Å². The number of esters is 1. The number of aryl methyl sites for hydroxylation is 2. The zero-order valence-electron chi connectivity index (χ0n) is 13.8. The highest BCUT2D eigenvalue weighted by molar-refractivity contribution is 6.04. The van der Waals surface area contributed by atoms with Crippen molar-refractivity contribution >= 4 is 11.8 Å². The van der Waals surface area contributed by atoms with Gasteiger partial charge < -0.3 is 10.1 Å². The van der Waals surface area contributed by atoms with Gasteiger partial charge in [0, 0.05) is 5.56 Å². The molecule has 0 aliphatic rings. The quantitative estimate of drug-likeness (QED) is 0.646. The van der Waals surface area contributed by atoms with Crippen molar-refractivity contribution in [1.29, 1.82) is 0 Å². The lowest BCUT2D eigenvalue weighted by molar-refractivity contribution is -0.143. The molecule has 0 heterocycles. The summed E-state index contributed by atoms with van der Waals surface area (Å²) in [7, 11) is 1.69. The van der Waals surface area contributed by atoms with Crippen molar-refractivity contribution in [2.75, 3.05) is 13.7 Å². The molecule has 1 aromatic rings. The first-order valence-electron chi connectivity index (χ1n) is 7.27. The summed E-state index contributed by atoms with van der Waals surface area (Å²) in [6.07, 6.45) is 0.0506. The Morgan fingerprint density at radius 2 is 1.67 bits per heavy atom. The van der Waals surface area contributed by atoms with E-state index >= 15 is 0 Å². The van der Waals surface area contributed by atoms with Crippen molar-refractivity contribution in [3.63, 3.8) is 0 Å². The monoisotopic (exact) mass is 291 g/mol. The number of ketones is 1. The van der Waals surface area contributed by atoms with Gasteiger partial charge in [-0.25, -0.2) is 0 Å². The van der Waals surface area contributed by atoms with Gasteiger partial charge in [0.25, 0.3) is 0 Å². The smallest absolute Gasteiger partial charge is 0.307 e. The predicted octanol–water partition coefficient (Wildman–Crippen LogP) is 2.64. The van der Waals surface area contributed by atoms with Crippen molar-refractivity contribution in [2.45, 2.75) is 47.1 Å². The van der Waals surface area contributed by atoms with Crippen LogP contribution in [-0.4, -0.2) is 31.4 Å². The van der Waals surface area contributed by atoms with E-state index in [0.29, 0.717) is 6.61 Å². The minimum absolute atomic E-state index is 0.0487. The van der Waals surface area contributed by atoms with Gasteiger partial charge in [-0.3, -0.25) is 9.59 Å². The molecule has 0 amide bonds. The number of hydrogen-bond acceptors (Lipinski definition) is 4. The van der Waals surface area contributed by atoms with Gasteiger partial charge >= 0.3 is 5.97 Å². The lowest BCUT2D eigenvalue weighted by atomic mass is 9.88. The van der Waals surface area contributed by atoms with Gasteiger partial charge in [-0.05, 0) is 63.9 Å². The van der Waals surface area contributed by atoms with Crippen molar-refractivity contribution < 1.29 is 14.3 Å². The fraction of sp³-hybridized carbons (Fsp3) is 0.529. The third-order valence-electron chi connectivity index (χ3n) is 3.95. The Hall–Kier alpha value is -1.68. The number of nitrogens with one attached hydrogen (secondary N) is 1. The molecule has 0 aliphatic carbocycles. The molecule has 0 aromatic heterocycles. The molecule has 0 saturated carbocycles. The Kier molecular flexibility index (Phi) is 6.09. The van der Waals surface area contributed by atoms with E-state index in [0.717, 1.165) is 27.8 Å². The Balaban J connectivity index is 3.14. The number of benzene rings is 1. The molecule has 0 aliphatic heterocycles. The number of ether oxygens (including phenoxy) is 1. The predicted molar refractivity (Wildman–Crippen MR) is 83.8 cm³/mol. The van der Waals surface area contributed by atoms with E-state index in [4.69, 9.17) is 4.74 Å². The van der Waals surface area contributed by atoms with E-state index in [1.165, 1.54) is 0 Å². The summed E-state index contributed by atoms with van der Waals surface area (Å²) in [4.78, 5) is 24.4. The van der Waals surface area contributed by atoms with Gasteiger partial charge in [0.1, 0.15) is 0 Å². The summed E-state index contributed by atoms with van der Waals surface area (Å²) in [5.74, 6) is -0.405. The number of hydrogen-bond donors (Lipinski definition) is 1. The van der Waals surface area contributed by atoms with Gasteiger partial charge in [-0.1, -0.05) is 6.07 Å². The summed E-state index contributed by atoms with van der Waals surface area (Å²) in [5.41, 5.74) is 4.86. The van der Waals surface area contributed by atoms with Crippen LogP contribution in [0.3, 0.4) is 0 Å². The summed E-state index contributed by atoms with van der Waals surface area (Å²) < 4.78 is 4.94. The molecule has 0 saturated heterocycles. The van der Waals surface area contributed by atoms with Gasteiger partial charge in [-0.15, -0.1) is 0 Å². The van der Waals surface area contributed by atoms with Crippen LogP contribution >= 0.6 is 0 Å². The first kappa shape index (κ1) is 17.4. The number of carbonyl (C=O) groups is 2. The van der Waals surface area contributed by atoms with E-state index in [-0.39, 0.29) is 18.2 Å². The average molecular weight is 291 g/mol. The van der Waals surface area contributed by atoms with Crippen LogP contribution in [-0.2, 0) is 9.53 Å². The van der Waals surface area contributed by atoms with Crippen LogP contribution in [0.5, 0.6) is 0 Å². The van der Waals surface area contributed by atoms with Crippen LogP contribution in [0.4, 0.5) is 0 Å². The zero-order chi connectivity index (χ0) is 16.2. The highest BCUT2D eigenvalue weighted by Crippen LogP contribution is 2.23. The first-order valence-corrected chi connectivity index (χ1v) is 7.27. The maximum absolute atomic E-state index is 12.8. The van der Waals surface area contributed by atoms with E-state index < -0.39 is 6.04 Å². The van der Waals surface area contributed by atoms with Gasteiger partial charge in [0.15, 0.2) is 5.78 Å². The third-order valence-corrected chi connectivity index (χ3v) is 3.95. The first-order chi connectivity index (χ1) is 9.83. The molecule has 0 radical (unpaired) electrons. The van der Waals surface area contributed by atoms with E-state index in [1.807, 2.05) is 27.7 Å². The van der Waals surface area contributed by atoms with E-state index in [9.17, 15) is 9.59 Å². The SMILES string of the molecule is CCOC(=O)CC(NC)C(=O)c1c(C)c(C)cc(C)c1C. The number of carbonyl (C=O) groups excluding carboxylic acids is 2. The Bertz CT molecular complexity index is 523. The normalized spacial score (nSPS) is 12.1. The van der Waals surface area contributed by atoms with Crippen molar-refractivity contribution in [3.05, 3.63) is 33.9 Å². The molecule has 0 fully saturated rings. The summed E-state index contributed by atoms with van der Waals surface area (Å²) in [6, 6.07) is 1.53. The third kappa shape index (κ3) is 3.91. The highest BCUT2D eigenvalue weighted by atomic mass is 16.5. The van der Waals surface area contributed by atoms with Crippen molar-refractivity contribution in [1.82, 2.24) is 5.32 Å².